The number of rotatable bonds is 5. The van der Waals surface area contributed by atoms with Crippen molar-refractivity contribution in [3.05, 3.63) is 66.3 Å². The zero-order valence-corrected chi connectivity index (χ0v) is 12.1. The molecule has 0 aliphatic carbocycles. The topological polar surface area (TPSA) is 59.5 Å². The highest BCUT2D eigenvalue weighted by molar-refractivity contribution is 6.28. The molecule has 0 atom stereocenters. The first-order valence-corrected chi connectivity index (χ1v) is 7.03. The number of imide groups is 1. The van der Waals surface area contributed by atoms with E-state index < -0.39 is 5.95 Å². The van der Waals surface area contributed by atoms with Crippen LogP contribution in [0, 0.1) is 5.95 Å². The van der Waals surface area contributed by atoms with Crippen LogP contribution in [0.25, 0.3) is 0 Å². The second-order valence-corrected chi connectivity index (χ2v) is 4.90. The normalized spacial score (nSPS) is 13.7. The number of pyridine rings is 1. The van der Waals surface area contributed by atoms with E-state index in [4.69, 9.17) is 4.74 Å². The molecule has 23 heavy (non-hydrogen) atoms. The fraction of sp³-hybridized carbons (Fsp3) is 0.118. The predicted octanol–water partition coefficient (Wildman–Crippen LogP) is 2.27. The van der Waals surface area contributed by atoms with Crippen LogP contribution in [0.5, 0.6) is 5.75 Å². The summed E-state index contributed by atoms with van der Waals surface area (Å²) < 4.78 is 18.6. The Hall–Kier alpha value is -3.02. The van der Waals surface area contributed by atoms with Gasteiger partial charge >= 0.3 is 0 Å². The van der Waals surface area contributed by atoms with Gasteiger partial charge in [-0.25, -0.2) is 9.88 Å². The van der Waals surface area contributed by atoms with Crippen molar-refractivity contribution in [2.75, 3.05) is 11.5 Å². The molecule has 1 aromatic carbocycles. The van der Waals surface area contributed by atoms with Crippen LogP contribution in [0.2, 0.25) is 0 Å². The Kier molecular flexibility index (Phi) is 4.14. The average molecular weight is 311 g/mol. The van der Waals surface area contributed by atoms with Crippen LogP contribution in [0.4, 0.5) is 10.1 Å². The molecule has 1 aliphatic heterocycles. The summed E-state index contributed by atoms with van der Waals surface area (Å²) >= 11 is 0. The number of amides is 2. The Balaban J connectivity index is 1.59. The van der Waals surface area contributed by atoms with Gasteiger partial charge in [-0.1, -0.05) is 12.1 Å². The molecule has 0 spiro atoms. The zero-order chi connectivity index (χ0) is 16.2. The molecule has 0 saturated carbocycles. The van der Waals surface area contributed by atoms with Gasteiger partial charge in [0.2, 0.25) is 0 Å². The number of aromatic nitrogens is 1. The van der Waals surface area contributed by atoms with Crippen LogP contribution < -0.4 is 9.64 Å². The van der Waals surface area contributed by atoms with Gasteiger partial charge in [-0.3, -0.25) is 9.59 Å². The van der Waals surface area contributed by atoms with Crippen LogP contribution in [-0.4, -0.2) is 23.4 Å². The van der Waals surface area contributed by atoms with E-state index in [-0.39, 0.29) is 17.6 Å². The molecule has 0 bridgehead atoms. The van der Waals surface area contributed by atoms with Crippen molar-refractivity contribution in [1.82, 2.24) is 4.98 Å². The Labute approximate surface area is 132 Å². The quantitative estimate of drug-likeness (QED) is 0.628. The lowest BCUT2D eigenvalue weighted by Gasteiger charge is -2.14. The Bertz CT molecular complexity index is 754. The molecular formula is C17H13FN2O3. The highest BCUT2D eigenvalue weighted by atomic mass is 18.2. The number of nitrogens with zero attached hydrogens (tertiary/aromatic N) is 2. The second-order valence-electron chi connectivity index (χ2n) is 4.90. The summed E-state index contributed by atoms with van der Waals surface area (Å²) in [5.41, 5.74) is 1.47. The van der Waals surface area contributed by atoms with E-state index >= 15 is 0 Å². The van der Waals surface area contributed by atoms with Crippen LogP contribution in [-0.2, 0) is 16.0 Å². The summed E-state index contributed by atoms with van der Waals surface area (Å²) in [5.74, 6) is -1.22. The number of hydrogen-bond acceptors (Lipinski definition) is 4. The van der Waals surface area contributed by atoms with Crippen molar-refractivity contribution in [3.63, 3.8) is 0 Å². The predicted molar refractivity (Wildman–Crippen MR) is 81.5 cm³/mol. The van der Waals surface area contributed by atoms with E-state index in [0.29, 0.717) is 18.7 Å². The first-order chi connectivity index (χ1) is 11.1. The van der Waals surface area contributed by atoms with Gasteiger partial charge in [-0.05, 0) is 29.8 Å². The Morgan fingerprint density at radius 2 is 1.74 bits per heavy atom. The molecule has 1 aliphatic rings. The maximum absolute atomic E-state index is 13.3. The van der Waals surface area contributed by atoms with Gasteiger partial charge in [0.1, 0.15) is 0 Å². The molecule has 116 valence electrons. The van der Waals surface area contributed by atoms with Crippen molar-refractivity contribution in [2.45, 2.75) is 6.42 Å². The summed E-state index contributed by atoms with van der Waals surface area (Å²) in [6.45, 7) is 0.297. The van der Waals surface area contributed by atoms with Gasteiger partial charge in [0.05, 0.1) is 12.3 Å². The fourth-order valence-corrected chi connectivity index (χ4v) is 2.22. The Morgan fingerprint density at radius 3 is 2.39 bits per heavy atom. The van der Waals surface area contributed by atoms with Gasteiger partial charge in [0.25, 0.3) is 17.8 Å². The van der Waals surface area contributed by atoms with Gasteiger partial charge in [0.15, 0.2) is 5.75 Å². The number of anilines is 1. The lowest BCUT2D eigenvalue weighted by Crippen LogP contribution is -2.29. The number of ether oxygens (including phenoxy) is 1. The van der Waals surface area contributed by atoms with Gasteiger partial charge in [0, 0.05) is 24.8 Å². The molecule has 5 nitrogen and oxygen atoms in total. The largest absolute Gasteiger partial charge is 0.488 e. The average Bonchev–Trinajstić information content (AvgIpc) is 2.89. The molecule has 0 fully saturated rings. The third-order valence-corrected chi connectivity index (χ3v) is 3.38. The number of carbonyl (C=O) groups is 2. The standard InChI is InChI=1S/C17H13FN2O3/c18-17-14(2-1-10-19-17)23-11-9-12-3-5-13(6-4-12)20-15(21)7-8-16(20)22/h1-8,10H,9,11H2/i18-1. The Morgan fingerprint density at radius 1 is 1.04 bits per heavy atom. The summed E-state index contributed by atoms with van der Waals surface area (Å²) in [5, 5.41) is 0. The van der Waals surface area contributed by atoms with Crippen molar-refractivity contribution in [2.24, 2.45) is 0 Å². The third kappa shape index (κ3) is 3.26. The lowest BCUT2D eigenvalue weighted by atomic mass is 10.1. The summed E-state index contributed by atoms with van der Waals surface area (Å²) in [6.07, 6.45) is 4.41. The maximum atomic E-state index is 13.3. The SMILES string of the molecule is O=C1C=CC(=O)N1c1ccc(CCOc2cccnc2[18F])cc1. The van der Waals surface area contributed by atoms with E-state index in [0.717, 1.165) is 10.5 Å². The molecule has 0 unspecified atom stereocenters. The maximum Gasteiger partial charge on any atom is 0.258 e. The molecule has 0 saturated heterocycles. The van der Waals surface area contributed by atoms with Gasteiger partial charge in [-0.15, -0.1) is 0 Å². The van der Waals surface area contributed by atoms with Gasteiger partial charge in [-0.2, -0.15) is 4.39 Å². The van der Waals surface area contributed by atoms with Crippen LogP contribution in [0.1, 0.15) is 5.56 Å². The van der Waals surface area contributed by atoms with Gasteiger partial charge < -0.3 is 4.74 Å². The van der Waals surface area contributed by atoms with E-state index in [1.54, 1.807) is 30.3 Å². The molecule has 3 rings (SSSR count). The van der Waals surface area contributed by atoms with E-state index in [1.165, 1.54) is 24.4 Å². The van der Waals surface area contributed by atoms with Crippen LogP contribution >= 0.6 is 0 Å². The van der Waals surface area contributed by atoms with Crippen molar-refractivity contribution >= 4 is 17.5 Å². The molecular weight excluding hydrogens is 298 g/mol. The minimum absolute atomic E-state index is 0.114. The molecule has 0 radical (unpaired) electrons. The van der Waals surface area contributed by atoms with Crippen molar-refractivity contribution < 1.29 is 18.7 Å². The van der Waals surface area contributed by atoms with Crippen LogP contribution in [0.3, 0.4) is 0 Å². The smallest absolute Gasteiger partial charge is 0.258 e. The number of hydrogen-bond donors (Lipinski definition) is 0. The first kappa shape index (κ1) is 14.9. The minimum atomic E-state index is -0.638. The van der Waals surface area contributed by atoms with E-state index in [2.05, 4.69) is 4.98 Å². The summed E-state index contributed by atoms with van der Waals surface area (Å²) in [4.78, 5) is 27.8. The molecule has 0 N–H and O–H groups in total. The molecule has 1 aromatic heterocycles. The fourth-order valence-electron chi connectivity index (χ4n) is 2.22. The zero-order valence-electron chi connectivity index (χ0n) is 12.1. The summed E-state index contributed by atoms with van der Waals surface area (Å²) in [6, 6.07) is 10.1. The molecule has 2 aromatic rings. The number of carbonyl (C=O) groups excluding carboxylic acids is 2. The second kappa shape index (κ2) is 6.39. The van der Waals surface area contributed by atoms with Crippen molar-refractivity contribution in [1.29, 1.82) is 0 Å². The highest BCUT2D eigenvalue weighted by Crippen LogP contribution is 2.20. The third-order valence-electron chi connectivity index (χ3n) is 3.38. The van der Waals surface area contributed by atoms with Crippen LogP contribution in [0.15, 0.2) is 54.7 Å². The monoisotopic (exact) mass is 311 g/mol. The lowest BCUT2D eigenvalue weighted by molar-refractivity contribution is -0.119. The van der Waals surface area contributed by atoms with E-state index in [1.807, 2.05) is 0 Å². The highest BCUT2D eigenvalue weighted by Gasteiger charge is 2.24. The number of benzene rings is 1. The molecule has 2 amide bonds. The summed E-state index contributed by atoms with van der Waals surface area (Å²) in [7, 11) is 0. The first-order valence-electron chi connectivity index (χ1n) is 7.03. The van der Waals surface area contributed by atoms with Crippen molar-refractivity contribution in [3.8, 4) is 5.75 Å². The molecule has 6 heteroatoms. The van der Waals surface area contributed by atoms with E-state index in [9.17, 15) is 14.0 Å². The number of halogens is 1. The molecule has 2 heterocycles. The minimum Gasteiger partial charge on any atom is -0.488 e.